The third-order valence-corrected chi connectivity index (χ3v) is 3.85. The molecule has 0 aliphatic heterocycles. The van der Waals surface area contributed by atoms with Crippen LogP contribution in [0.2, 0.25) is 0 Å². The summed E-state index contributed by atoms with van der Waals surface area (Å²) in [6.07, 6.45) is 3.74. The van der Waals surface area contributed by atoms with E-state index in [1.807, 2.05) is 0 Å². The van der Waals surface area contributed by atoms with Crippen LogP contribution in [0.15, 0.2) is 42.5 Å². The minimum Gasteiger partial charge on any atom is -0.317 e. The Labute approximate surface area is 117 Å². The summed E-state index contributed by atoms with van der Waals surface area (Å²) < 4.78 is 0. The highest BCUT2D eigenvalue weighted by Crippen LogP contribution is 2.21. The van der Waals surface area contributed by atoms with Crippen molar-refractivity contribution in [2.75, 3.05) is 13.1 Å². The van der Waals surface area contributed by atoms with Crippen LogP contribution in [0.5, 0.6) is 0 Å². The van der Waals surface area contributed by atoms with Crippen LogP contribution in [0.1, 0.15) is 32.3 Å². The standard InChI is InChI=1S/C18H25N/c1-3-19-14-13-15(2)11-12-17-9-6-8-16-7-4-5-10-18(16)17/h4-10,15,19H,3,11-14H2,1-2H3. The molecule has 0 aromatic heterocycles. The predicted molar refractivity (Wildman–Crippen MR) is 84.6 cm³/mol. The van der Waals surface area contributed by atoms with Gasteiger partial charge in [-0.05, 0) is 54.6 Å². The van der Waals surface area contributed by atoms with E-state index in [-0.39, 0.29) is 0 Å². The minimum atomic E-state index is 0.790. The fourth-order valence-electron chi connectivity index (χ4n) is 2.58. The number of benzene rings is 2. The quantitative estimate of drug-likeness (QED) is 0.723. The molecule has 0 saturated carbocycles. The summed E-state index contributed by atoms with van der Waals surface area (Å²) in [5.74, 6) is 0.790. The first-order chi connectivity index (χ1) is 9.31. The van der Waals surface area contributed by atoms with Gasteiger partial charge in [0.2, 0.25) is 0 Å². The van der Waals surface area contributed by atoms with Crippen LogP contribution in [0.4, 0.5) is 0 Å². The lowest BCUT2D eigenvalue weighted by Gasteiger charge is -2.12. The molecule has 0 aliphatic carbocycles. The van der Waals surface area contributed by atoms with Crippen molar-refractivity contribution >= 4 is 10.8 Å². The van der Waals surface area contributed by atoms with Gasteiger partial charge in [0.15, 0.2) is 0 Å². The molecule has 0 saturated heterocycles. The Morgan fingerprint density at radius 1 is 1.00 bits per heavy atom. The zero-order chi connectivity index (χ0) is 13.5. The lowest BCUT2D eigenvalue weighted by Crippen LogP contribution is -2.16. The molecule has 0 fully saturated rings. The van der Waals surface area contributed by atoms with Gasteiger partial charge in [-0.1, -0.05) is 56.3 Å². The molecule has 2 rings (SSSR count). The Morgan fingerprint density at radius 3 is 2.63 bits per heavy atom. The first-order valence-corrected chi connectivity index (χ1v) is 7.48. The highest BCUT2D eigenvalue weighted by atomic mass is 14.8. The van der Waals surface area contributed by atoms with Crippen molar-refractivity contribution < 1.29 is 0 Å². The Kier molecular flexibility index (Phi) is 5.41. The van der Waals surface area contributed by atoms with Gasteiger partial charge in [-0.3, -0.25) is 0 Å². The molecule has 1 N–H and O–H groups in total. The zero-order valence-electron chi connectivity index (χ0n) is 12.2. The highest BCUT2D eigenvalue weighted by molar-refractivity contribution is 5.85. The number of aryl methyl sites for hydroxylation is 1. The second kappa shape index (κ2) is 7.30. The van der Waals surface area contributed by atoms with Crippen LogP contribution in [0.3, 0.4) is 0 Å². The number of hydrogen-bond donors (Lipinski definition) is 1. The van der Waals surface area contributed by atoms with Gasteiger partial charge >= 0.3 is 0 Å². The molecular formula is C18H25N. The molecule has 0 amide bonds. The smallest absolute Gasteiger partial charge is 0.00465 e. The summed E-state index contributed by atoms with van der Waals surface area (Å²) in [5.41, 5.74) is 1.49. The molecule has 1 nitrogen and oxygen atoms in total. The average Bonchev–Trinajstić information content (AvgIpc) is 2.45. The summed E-state index contributed by atoms with van der Waals surface area (Å²) in [4.78, 5) is 0. The van der Waals surface area contributed by atoms with Gasteiger partial charge in [0.25, 0.3) is 0 Å². The monoisotopic (exact) mass is 255 g/mol. The number of rotatable bonds is 7. The zero-order valence-corrected chi connectivity index (χ0v) is 12.2. The molecule has 1 unspecified atom stereocenters. The van der Waals surface area contributed by atoms with E-state index < -0.39 is 0 Å². The van der Waals surface area contributed by atoms with Crippen LogP contribution in [0.25, 0.3) is 10.8 Å². The molecule has 2 aromatic rings. The molecule has 0 radical (unpaired) electrons. The maximum Gasteiger partial charge on any atom is -0.00465 e. The van der Waals surface area contributed by atoms with Crippen molar-refractivity contribution in [2.24, 2.45) is 5.92 Å². The van der Waals surface area contributed by atoms with Crippen molar-refractivity contribution in [2.45, 2.75) is 33.1 Å². The Balaban J connectivity index is 1.94. The van der Waals surface area contributed by atoms with Gasteiger partial charge in [-0.2, -0.15) is 0 Å². The van der Waals surface area contributed by atoms with E-state index in [1.165, 1.54) is 35.6 Å². The molecule has 0 heterocycles. The second-order valence-corrected chi connectivity index (χ2v) is 5.42. The second-order valence-electron chi connectivity index (χ2n) is 5.42. The van der Waals surface area contributed by atoms with E-state index >= 15 is 0 Å². The lowest BCUT2D eigenvalue weighted by molar-refractivity contribution is 0.475. The van der Waals surface area contributed by atoms with E-state index in [9.17, 15) is 0 Å². The first kappa shape index (κ1) is 14.1. The SMILES string of the molecule is CCNCCC(C)CCc1cccc2ccccc12. The van der Waals surface area contributed by atoms with Crippen molar-refractivity contribution in [3.05, 3.63) is 48.0 Å². The van der Waals surface area contributed by atoms with Gasteiger partial charge in [-0.25, -0.2) is 0 Å². The van der Waals surface area contributed by atoms with Gasteiger partial charge < -0.3 is 5.32 Å². The van der Waals surface area contributed by atoms with E-state index in [4.69, 9.17) is 0 Å². The predicted octanol–water partition coefficient (Wildman–Crippen LogP) is 4.41. The fourth-order valence-corrected chi connectivity index (χ4v) is 2.58. The van der Waals surface area contributed by atoms with Crippen molar-refractivity contribution in [3.8, 4) is 0 Å². The summed E-state index contributed by atoms with van der Waals surface area (Å²) in [6, 6.07) is 15.4. The summed E-state index contributed by atoms with van der Waals surface area (Å²) in [6.45, 7) is 6.76. The number of fused-ring (bicyclic) bond motifs is 1. The third kappa shape index (κ3) is 4.07. The Hall–Kier alpha value is -1.34. The van der Waals surface area contributed by atoms with E-state index in [0.717, 1.165) is 19.0 Å². The maximum atomic E-state index is 3.41. The first-order valence-electron chi connectivity index (χ1n) is 7.48. The summed E-state index contributed by atoms with van der Waals surface area (Å²) in [5, 5.41) is 6.19. The molecular weight excluding hydrogens is 230 g/mol. The van der Waals surface area contributed by atoms with E-state index in [0.29, 0.717) is 0 Å². The summed E-state index contributed by atoms with van der Waals surface area (Å²) >= 11 is 0. The summed E-state index contributed by atoms with van der Waals surface area (Å²) in [7, 11) is 0. The van der Waals surface area contributed by atoms with Crippen molar-refractivity contribution in [3.63, 3.8) is 0 Å². The molecule has 2 aromatic carbocycles. The topological polar surface area (TPSA) is 12.0 Å². The van der Waals surface area contributed by atoms with E-state index in [2.05, 4.69) is 61.6 Å². The Morgan fingerprint density at radius 2 is 1.79 bits per heavy atom. The largest absolute Gasteiger partial charge is 0.317 e. The molecule has 1 heteroatoms. The van der Waals surface area contributed by atoms with Crippen LogP contribution in [0, 0.1) is 5.92 Å². The van der Waals surface area contributed by atoms with Crippen molar-refractivity contribution in [1.29, 1.82) is 0 Å². The van der Waals surface area contributed by atoms with Crippen molar-refractivity contribution in [1.82, 2.24) is 5.32 Å². The van der Waals surface area contributed by atoms with Crippen LogP contribution in [-0.4, -0.2) is 13.1 Å². The molecule has 1 atom stereocenters. The number of nitrogens with one attached hydrogen (secondary N) is 1. The molecule has 0 spiro atoms. The van der Waals surface area contributed by atoms with Gasteiger partial charge in [-0.15, -0.1) is 0 Å². The fraction of sp³-hybridized carbons (Fsp3) is 0.444. The minimum absolute atomic E-state index is 0.790. The Bertz CT molecular complexity index is 499. The molecule has 0 aliphatic rings. The van der Waals surface area contributed by atoms with Gasteiger partial charge in [0.1, 0.15) is 0 Å². The molecule has 19 heavy (non-hydrogen) atoms. The highest BCUT2D eigenvalue weighted by Gasteiger charge is 2.05. The van der Waals surface area contributed by atoms with E-state index in [1.54, 1.807) is 0 Å². The van der Waals surface area contributed by atoms with Gasteiger partial charge in [0, 0.05) is 0 Å². The maximum absolute atomic E-state index is 3.41. The van der Waals surface area contributed by atoms with Crippen LogP contribution in [-0.2, 0) is 6.42 Å². The van der Waals surface area contributed by atoms with Gasteiger partial charge in [0.05, 0.1) is 0 Å². The normalized spacial score (nSPS) is 12.7. The molecule has 0 bridgehead atoms. The third-order valence-electron chi connectivity index (χ3n) is 3.85. The average molecular weight is 255 g/mol. The molecule has 102 valence electrons. The number of hydrogen-bond acceptors (Lipinski definition) is 1. The van der Waals surface area contributed by atoms with Crippen LogP contribution < -0.4 is 5.32 Å². The van der Waals surface area contributed by atoms with Crippen LogP contribution >= 0.6 is 0 Å². The lowest BCUT2D eigenvalue weighted by atomic mass is 9.95.